The van der Waals surface area contributed by atoms with E-state index in [0.717, 1.165) is 24.6 Å². The van der Waals surface area contributed by atoms with Gasteiger partial charge in [0.2, 0.25) is 0 Å². The monoisotopic (exact) mass is 576 g/mol. The van der Waals surface area contributed by atoms with Crippen molar-refractivity contribution in [2.45, 2.75) is 25.7 Å². The van der Waals surface area contributed by atoms with E-state index in [1.54, 1.807) is 0 Å². The molecule has 0 saturated carbocycles. The summed E-state index contributed by atoms with van der Waals surface area (Å²) >= 11 is 7.76. The molecule has 0 bridgehead atoms. The second kappa shape index (κ2) is 12.2. The van der Waals surface area contributed by atoms with Crippen LogP contribution in [0.5, 0.6) is 0 Å². The first kappa shape index (κ1) is 21.7. The van der Waals surface area contributed by atoms with E-state index in [4.69, 9.17) is 25.7 Å². The average Bonchev–Trinajstić information content (AvgIpc) is 2.33. The van der Waals surface area contributed by atoms with E-state index in [-0.39, 0.29) is 0 Å². The fourth-order valence-electron chi connectivity index (χ4n) is 1.12. The van der Waals surface area contributed by atoms with Gasteiger partial charge in [0.25, 0.3) is 0 Å². The fraction of sp³-hybridized carbons (Fsp3) is 1.00. The van der Waals surface area contributed by atoms with Crippen molar-refractivity contribution in [1.29, 1.82) is 0 Å². The van der Waals surface area contributed by atoms with E-state index in [9.17, 15) is 0 Å². The first-order valence-electron chi connectivity index (χ1n) is 6.23. The van der Waals surface area contributed by atoms with E-state index >= 15 is 0 Å². The number of unbranched alkanes of at least 4 members (excludes halogenated alkanes) is 2. The van der Waals surface area contributed by atoms with Gasteiger partial charge in [0, 0.05) is 0 Å². The molecular weight excluding hydrogens is 549 g/mol. The average molecular weight is 577 g/mol. The summed E-state index contributed by atoms with van der Waals surface area (Å²) in [7, 11) is 3.94. The van der Waals surface area contributed by atoms with E-state index in [1.807, 2.05) is 9.21 Å². The Morgan fingerprint density at radius 3 is 2.05 bits per heavy atom. The molecule has 0 fully saturated rings. The summed E-state index contributed by atoms with van der Waals surface area (Å²) in [6.45, 7) is 0. The summed E-state index contributed by atoms with van der Waals surface area (Å²) in [5.41, 5.74) is 0. The van der Waals surface area contributed by atoms with Crippen LogP contribution in [0.3, 0.4) is 0 Å². The van der Waals surface area contributed by atoms with Gasteiger partial charge in [0.15, 0.2) is 0 Å². The Hall–Kier alpha value is 2.70. The van der Waals surface area contributed by atoms with Crippen molar-refractivity contribution in [3.05, 3.63) is 0 Å². The van der Waals surface area contributed by atoms with Crippen molar-refractivity contribution >= 4 is 41.3 Å². The van der Waals surface area contributed by atoms with Crippen LogP contribution in [-0.4, -0.2) is 41.7 Å². The standard InChI is InChI=1S/C12H28Cl2I2OS2/c1-15(2,11-7-5-9-13)19-17-16(3,4)18-12-8-6-10-14/h5-12H2,1-4H3/q-2. The number of hydrogen-bond acceptors (Lipinski definition) is 3. The zero-order chi connectivity index (χ0) is 14.8. The Kier molecular flexibility index (Phi) is 13.9. The molecule has 0 radical (unpaired) electrons. The Bertz CT molecular complexity index is 232. The Balaban J connectivity index is 3.86. The van der Waals surface area contributed by atoms with Crippen molar-refractivity contribution in [2.24, 2.45) is 0 Å². The van der Waals surface area contributed by atoms with Crippen LogP contribution < -0.4 is 34.5 Å². The van der Waals surface area contributed by atoms with Gasteiger partial charge in [-0.25, -0.2) is 0 Å². The molecule has 0 amide bonds. The first-order chi connectivity index (χ1) is 8.83. The van der Waals surface area contributed by atoms with E-state index in [0.29, 0.717) is 0 Å². The SMILES string of the molecule is C[I-](C)(CCCCCl)SO[I-](C)(C)SCCCCCl. The molecule has 0 unspecified atom stereocenters. The van der Waals surface area contributed by atoms with Crippen LogP contribution >= 0.6 is 41.3 Å². The van der Waals surface area contributed by atoms with Gasteiger partial charge < -0.3 is 0 Å². The predicted octanol–water partition coefficient (Wildman–Crippen LogP) is -0.993. The van der Waals surface area contributed by atoms with Crippen molar-refractivity contribution in [2.75, 3.05) is 41.7 Å². The van der Waals surface area contributed by atoms with Gasteiger partial charge >= 0.3 is 146 Å². The molecule has 0 aromatic rings. The number of hydrogen-bond donors (Lipinski definition) is 0. The fourth-order valence-corrected chi connectivity index (χ4v) is 30.0. The number of halogens is 4. The molecule has 0 rings (SSSR count). The molecule has 0 saturated heterocycles. The predicted molar refractivity (Wildman–Crippen MR) is 89.6 cm³/mol. The van der Waals surface area contributed by atoms with E-state index in [1.165, 1.54) is 23.0 Å². The minimum atomic E-state index is -1.99. The zero-order valence-electron chi connectivity index (χ0n) is 12.4. The summed E-state index contributed by atoms with van der Waals surface area (Å²) in [6, 6.07) is 0. The Morgan fingerprint density at radius 2 is 1.47 bits per heavy atom. The van der Waals surface area contributed by atoms with Crippen LogP contribution in [0.1, 0.15) is 25.7 Å². The van der Waals surface area contributed by atoms with Crippen LogP contribution in [0.4, 0.5) is 0 Å². The third-order valence-electron chi connectivity index (χ3n) is 2.19. The van der Waals surface area contributed by atoms with Crippen LogP contribution in [0.2, 0.25) is 0 Å². The molecule has 0 atom stereocenters. The van der Waals surface area contributed by atoms with Gasteiger partial charge in [-0.3, -0.25) is 0 Å². The van der Waals surface area contributed by atoms with Crippen LogP contribution in [0, 0.1) is 0 Å². The summed E-state index contributed by atoms with van der Waals surface area (Å²) in [5.74, 6) is 2.78. The van der Waals surface area contributed by atoms with Crippen molar-refractivity contribution in [3.8, 4) is 0 Å². The molecule has 19 heavy (non-hydrogen) atoms. The Labute approximate surface area is 144 Å². The van der Waals surface area contributed by atoms with Crippen LogP contribution in [0.15, 0.2) is 0 Å². The van der Waals surface area contributed by atoms with Crippen molar-refractivity contribution in [1.82, 2.24) is 0 Å². The van der Waals surface area contributed by atoms with Gasteiger partial charge in [0.1, 0.15) is 0 Å². The second-order valence-corrected chi connectivity index (χ2v) is 35.8. The van der Waals surface area contributed by atoms with Gasteiger partial charge in [-0.15, -0.1) is 0 Å². The number of rotatable bonds is 12. The van der Waals surface area contributed by atoms with Crippen molar-refractivity contribution in [3.63, 3.8) is 0 Å². The molecule has 7 heteroatoms. The summed E-state index contributed by atoms with van der Waals surface area (Å²) in [5, 5.41) is 0. The van der Waals surface area contributed by atoms with Gasteiger partial charge in [-0.05, 0) is 0 Å². The topological polar surface area (TPSA) is 9.23 Å². The molecule has 1 nitrogen and oxygen atoms in total. The van der Waals surface area contributed by atoms with E-state index in [2.05, 4.69) is 28.7 Å². The van der Waals surface area contributed by atoms with Gasteiger partial charge in [0.05, 0.1) is 0 Å². The minimum absolute atomic E-state index is 0.783. The molecule has 0 aromatic heterocycles. The summed E-state index contributed by atoms with van der Waals surface area (Å²) in [4.78, 5) is 9.59. The third kappa shape index (κ3) is 14.0. The maximum atomic E-state index is 6.28. The van der Waals surface area contributed by atoms with Crippen LogP contribution in [-0.2, 0) is 2.51 Å². The first-order valence-corrected chi connectivity index (χ1v) is 25.1. The van der Waals surface area contributed by atoms with Gasteiger partial charge in [-0.2, -0.15) is 0 Å². The van der Waals surface area contributed by atoms with E-state index < -0.39 is 34.5 Å². The summed E-state index contributed by atoms with van der Waals surface area (Å²) < 4.78 is 7.62. The number of alkyl halides is 7. The van der Waals surface area contributed by atoms with Gasteiger partial charge in [-0.1, -0.05) is 0 Å². The molecule has 0 aliphatic heterocycles. The third-order valence-corrected chi connectivity index (χ3v) is 24.3. The molecule has 0 N–H and O–H groups in total. The molecule has 0 spiro atoms. The zero-order valence-corrected chi connectivity index (χ0v) is 19.9. The maximum absolute atomic E-state index is 6.28. The normalized spacial score (nSPS) is 14.6. The van der Waals surface area contributed by atoms with Crippen LogP contribution in [0.25, 0.3) is 0 Å². The molecule has 0 aliphatic rings. The molecule has 0 aliphatic carbocycles. The Morgan fingerprint density at radius 1 is 0.895 bits per heavy atom. The summed E-state index contributed by atoms with van der Waals surface area (Å²) in [6.07, 6.45) is 4.75. The molecule has 0 heterocycles. The second-order valence-electron chi connectivity index (χ2n) is 4.81. The van der Waals surface area contributed by atoms with Crippen molar-refractivity contribution < 1.29 is 37.0 Å². The quantitative estimate of drug-likeness (QED) is 0.128. The molecule has 124 valence electrons. The molecule has 0 aromatic carbocycles. The molecular formula is C12H28Cl2I2OS2-2.